The van der Waals surface area contributed by atoms with Gasteiger partial charge in [0.15, 0.2) is 9.84 Å². The molecule has 10 heteroatoms. The zero-order valence-corrected chi connectivity index (χ0v) is 17.7. The summed E-state index contributed by atoms with van der Waals surface area (Å²) < 4.78 is 52.3. The predicted octanol–water partition coefficient (Wildman–Crippen LogP) is 1.83. The van der Waals surface area contributed by atoms with Gasteiger partial charge in [-0.3, -0.25) is 4.79 Å². The first-order valence-electron chi connectivity index (χ1n) is 8.14. The highest BCUT2D eigenvalue weighted by Crippen LogP contribution is 2.22. The van der Waals surface area contributed by atoms with Crippen LogP contribution in [0.15, 0.2) is 45.5 Å². The summed E-state index contributed by atoms with van der Waals surface area (Å²) in [6.45, 7) is 4.99. The molecule has 2 N–H and O–H groups in total. The Bertz CT molecular complexity index is 1010. The molecule has 0 bridgehead atoms. The van der Waals surface area contributed by atoms with Crippen molar-refractivity contribution in [1.82, 2.24) is 10.0 Å². The Morgan fingerprint density at radius 1 is 1.07 bits per heavy atom. The number of amides is 1. The standard InChI is InChI=1S/C17H22N2O5S3/c1-12-4-7-16(8-5-12)26(21,22)11-13(2)19-27(23,24)17-9-6-15(25-17)10-18-14(3)20/h4-9,13,19H,10-11H2,1-3H3,(H,18,20). The van der Waals surface area contributed by atoms with Gasteiger partial charge in [0.05, 0.1) is 17.2 Å². The average Bonchev–Trinajstić information content (AvgIpc) is 3.02. The van der Waals surface area contributed by atoms with E-state index in [0.29, 0.717) is 4.88 Å². The summed E-state index contributed by atoms with van der Waals surface area (Å²) in [6, 6.07) is 8.67. The second kappa shape index (κ2) is 8.51. The molecule has 1 atom stereocenters. The fourth-order valence-corrected chi connectivity index (χ4v) is 6.48. The van der Waals surface area contributed by atoms with Crippen molar-refractivity contribution in [3.63, 3.8) is 0 Å². The van der Waals surface area contributed by atoms with Crippen LogP contribution in [0.4, 0.5) is 0 Å². The van der Waals surface area contributed by atoms with Crippen molar-refractivity contribution in [2.75, 3.05) is 5.75 Å². The lowest BCUT2D eigenvalue weighted by Crippen LogP contribution is -2.37. The number of hydrogen-bond donors (Lipinski definition) is 2. The topological polar surface area (TPSA) is 109 Å². The fraction of sp³-hybridized carbons (Fsp3) is 0.353. The first-order valence-corrected chi connectivity index (χ1v) is 12.1. The van der Waals surface area contributed by atoms with Crippen LogP contribution in [0, 0.1) is 6.92 Å². The number of carbonyl (C=O) groups excluding carboxylic acids is 1. The smallest absolute Gasteiger partial charge is 0.250 e. The molecule has 2 rings (SSSR count). The van der Waals surface area contributed by atoms with Crippen molar-refractivity contribution in [3.05, 3.63) is 46.8 Å². The van der Waals surface area contributed by atoms with Crippen LogP contribution in [-0.2, 0) is 31.2 Å². The van der Waals surface area contributed by atoms with Gasteiger partial charge in [0.1, 0.15) is 4.21 Å². The van der Waals surface area contributed by atoms with E-state index in [1.807, 2.05) is 6.92 Å². The summed E-state index contributed by atoms with van der Waals surface area (Å²) >= 11 is 1.03. The molecule has 7 nitrogen and oxygen atoms in total. The lowest BCUT2D eigenvalue weighted by atomic mass is 10.2. The van der Waals surface area contributed by atoms with Gasteiger partial charge in [0.2, 0.25) is 15.9 Å². The van der Waals surface area contributed by atoms with Crippen molar-refractivity contribution in [3.8, 4) is 0 Å². The van der Waals surface area contributed by atoms with Gasteiger partial charge < -0.3 is 5.32 Å². The first kappa shape index (κ1) is 21.5. The lowest BCUT2D eigenvalue weighted by molar-refractivity contribution is -0.119. The number of nitrogens with one attached hydrogen (secondary N) is 2. The van der Waals surface area contributed by atoms with Crippen molar-refractivity contribution in [2.45, 2.75) is 42.5 Å². The number of benzene rings is 1. The third-order valence-corrected chi connectivity index (χ3v) is 8.72. The maximum absolute atomic E-state index is 12.5. The second-order valence-electron chi connectivity index (χ2n) is 6.25. The van der Waals surface area contributed by atoms with E-state index in [9.17, 15) is 21.6 Å². The predicted molar refractivity (Wildman–Crippen MR) is 105 cm³/mol. The summed E-state index contributed by atoms with van der Waals surface area (Å²) in [5.74, 6) is -0.555. The van der Waals surface area contributed by atoms with Gasteiger partial charge in [-0.2, -0.15) is 0 Å². The molecule has 0 saturated heterocycles. The van der Waals surface area contributed by atoms with Crippen LogP contribution in [-0.4, -0.2) is 34.5 Å². The van der Waals surface area contributed by atoms with Gasteiger partial charge in [-0.25, -0.2) is 21.6 Å². The second-order valence-corrected chi connectivity index (χ2v) is 11.4. The van der Waals surface area contributed by atoms with Crippen LogP contribution in [0.25, 0.3) is 0 Å². The minimum absolute atomic E-state index is 0.0717. The molecule has 27 heavy (non-hydrogen) atoms. The molecule has 1 aromatic heterocycles. The quantitative estimate of drug-likeness (QED) is 0.664. The molecule has 2 aromatic rings. The Hall–Kier alpha value is -1.75. The Kier molecular flexibility index (Phi) is 6.79. The number of carbonyl (C=O) groups is 1. The van der Waals surface area contributed by atoms with Gasteiger partial charge in [0.25, 0.3) is 0 Å². The maximum Gasteiger partial charge on any atom is 0.250 e. The number of hydrogen-bond acceptors (Lipinski definition) is 6. The van der Waals surface area contributed by atoms with Crippen LogP contribution in [0.5, 0.6) is 0 Å². The molecule has 1 unspecified atom stereocenters. The number of aryl methyl sites for hydroxylation is 1. The lowest BCUT2D eigenvalue weighted by Gasteiger charge is -2.14. The maximum atomic E-state index is 12.5. The summed E-state index contributed by atoms with van der Waals surface area (Å²) in [6.07, 6.45) is 0. The highest BCUT2D eigenvalue weighted by molar-refractivity contribution is 7.92. The Morgan fingerprint density at radius 2 is 1.70 bits per heavy atom. The minimum atomic E-state index is -3.85. The molecule has 1 aromatic carbocycles. The number of rotatable bonds is 8. The van der Waals surface area contributed by atoms with Crippen molar-refractivity contribution >= 4 is 37.1 Å². The van der Waals surface area contributed by atoms with E-state index in [1.54, 1.807) is 18.2 Å². The van der Waals surface area contributed by atoms with Gasteiger partial charge in [-0.05, 0) is 38.1 Å². The number of sulfone groups is 1. The van der Waals surface area contributed by atoms with Gasteiger partial charge >= 0.3 is 0 Å². The largest absolute Gasteiger partial charge is 0.351 e. The Morgan fingerprint density at radius 3 is 2.30 bits per heavy atom. The molecule has 148 valence electrons. The Labute approximate surface area is 163 Å². The molecule has 0 aliphatic heterocycles. The highest BCUT2D eigenvalue weighted by Gasteiger charge is 2.24. The average molecular weight is 431 g/mol. The molecule has 0 fully saturated rings. The van der Waals surface area contributed by atoms with E-state index >= 15 is 0 Å². The SMILES string of the molecule is CC(=O)NCc1ccc(S(=O)(=O)NC(C)CS(=O)(=O)c2ccc(C)cc2)s1. The van der Waals surface area contributed by atoms with E-state index in [1.165, 1.54) is 32.0 Å². The molecule has 0 aliphatic carbocycles. The van der Waals surface area contributed by atoms with Crippen LogP contribution in [0.2, 0.25) is 0 Å². The molecular weight excluding hydrogens is 408 g/mol. The Balaban J connectivity index is 2.06. The molecule has 0 aliphatic rings. The van der Waals surface area contributed by atoms with Crippen LogP contribution < -0.4 is 10.0 Å². The summed E-state index contributed by atoms with van der Waals surface area (Å²) in [7, 11) is -7.46. The van der Waals surface area contributed by atoms with E-state index in [-0.39, 0.29) is 27.3 Å². The summed E-state index contributed by atoms with van der Waals surface area (Å²) in [5, 5.41) is 2.60. The molecule has 1 amide bonds. The van der Waals surface area contributed by atoms with Crippen LogP contribution in [0.3, 0.4) is 0 Å². The van der Waals surface area contributed by atoms with E-state index in [4.69, 9.17) is 0 Å². The normalized spacial score (nSPS) is 13.3. The van der Waals surface area contributed by atoms with Gasteiger partial charge in [-0.1, -0.05) is 17.7 Å². The molecule has 1 heterocycles. The van der Waals surface area contributed by atoms with Gasteiger partial charge in [0, 0.05) is 17.8 Å². The number of sulfonamides is 1. The fourth-order valence-electron chi connectivity index (χ4n) is 2.34. The van der Waals surface area contributed by atoms with Gasteiger partial charge in [-0.15, -0.1) is 11.3 Å². The van der Waals surface area contributed by atoms with Crippen molar-refractivity contribution < 1.29 is 21.6 Å². The van der Waals surface area contributed by atoms with Crippen molar-refractivity contribution in [1.29, 1.82) is 0 Å². The highest BCUT2D eigenvalue weighted by atomic mass is 32.2. The van der Waals surface area contributed by atoms with E-state index < -0.39 is 25.9 Å². The zero-order chi connectivity index (χ0) is 20.2. The van der Waals surface area contributed by atoms with Crippen molar-refractivity contribution in [2.24, 2.45) is 0 Å². The van der Waals surface area contributed by atoms with Crippen LogP contribution >= 0.6 is 11.3 Å². The third kappa shape index (κ3) is 6.13. The minimum Gasteiger partial charge on any atom is -0.351 e. The molecule has 0 radical (unpaired) electrons. The molecule has 0 spiro atoms. The zero-order valence-electron chi connectivity index (χ0n) is 15.2. The van der Waals surface area contributed by atoms with E-state index in [0.717, 1.165) is 16.9 Å². The molecular formula is C17H22N2O5S3. The number of thiophene rings is 1. The monoisotopic (exact) mass is 430 g/mol. The van der Waals surface area contributed by atoms with E-state index in [2.05, 4.69) is 10.0 Å². The molecule has 0 saturated carbocycles. The first-order chi connectivity index (χ1) is 12.5. The van der Waals surface area contributed by atoms with Crippen LogP contribution in [0.1, 0.15) is 24.3 Å². The summed E-state index contributed by atoms with van der Waals surface area (Å²) in [5.41, 5.74) is 0.940. The third-order valence-electron chi connectivity index (χ3n) is 3.62. The summed E-state index contributed by atoms with van der Waals surface area (Å²) in [4.78, 5) is 11.8.